The Morgan fingerprint density at radius 3 is 2.65 bits per heavy atom. The van der Waals surface area contributed by atoms with E-state index in [1.807, 2.05) is 24.3 Å². The largest absolute Gasteiger partial charge is 0.618 e. The van der Waals surface area contributed by atoms with Crippen molar-refractivity contribution in [1.29, 1.82) is 0 Å². The Morgan fingerprint density at radius 2 is 1.90 bits per heavy atom. The second-order valence-electron chi connectivity index (χ2n) is 11.2. The molecule has 0 saturated heterocycles. The molecule has 2 amide bonds. The zero-order valence-electron chi connectivity index (χ0n) is 25.4. The summed E-state index contributed by atoms with van der Waals surface area (Å²) in [5, 5.41) is 26.5. The summed E-state index contributed by atoms with van der Waals surface area (Å²) in [7, 11) is 1.26. The number of rotatable bonds is 4. The van der Waals surface area contributed by atoms with Crippen LogP contribution in [0.2, 0.25) is 5.02 Å². The number of methoxy groups -OCH3 is 1. The van der Waals surface area contributed by atoms with E-state index < -0.39 is 18.0 Å². The van der Waals surface area contributed by atoms with E-state index in [0.29, 0.717) is 52.5 Å². The molecule has 14 heteroatoms. The monoisotopic (exact) mass is 676 g/mol. The molecule has 5 aromatic rings. The molecule has 0 unspecified atom stereocenters. The molecule has 0 saturated carbocycles. The van der Waals surface area contributed by atoms with Crippen molar-refractivity contribution in [3.8, 4) is 27.9 Å². The zero-order valence-corrected chi connectivity index (χ0v) is 26.2. The standard InChI is InChI=1S/C34H28ClF3N6O4/c1-48-33(46)39-24-11-12-25-20-5-4-6-21(15-20)26(7-2-3-8-32(45)40-28(25)17-24)30-13-9-22(18-44(30)47)27-16-23(35)10-14-29(27)43-19-31(41-42-43)34(36,37)38/h4-6,9-19,26H,2-3,7-8H2,1H3,(H,39,46)(H,40,45)/t26-/m0/s1. The van der Waals surface area contributed by atoms with Gasteiger partial charge in [0.2, 0.25) is 5.91 Å². The molecule has 0 radical (unpaired) electrons. The topological polar surface area (TPSA) is 125 Å². The maximum Gasteiger partial charge on any atom is 0.436 e. The number of pyridine rings is 1. The van der Waals surface area contributed by atoms with Crippen LogP contribution in [0.4, 0.5) is 29.3 Å². The summed E-state index contributed by atoms with van der Waals surface area (Å²) in [6, 6.07) is 20.8. The SMILES string of the molecule is COC(=O)Nc1ccc2c(c1)NC(=O)CCCC[C@H](c1ccc(-c3cc(Cl)ccc3-n3cc(C(F)(F)F)nn3)c[n+]1[O-])c1cccc-2c1. The van der Waals surface area contributed by atoms with E-state index in [9.17, 15) is 28.0 Å². The highest BCUT2D eigenvalue weighted by Crippen LogP contribution is 2.37. The maximum absolute atomic E-state index is 13.7. The van der Waals surface area contributed by atoms with Crippen molar-refractivity contribution in [3.05, 3.63) is 112 Å². The number of fused-ring (bicyclic) bond motifs is 4. The number of carbonyl (C=O) groups excluding carboxylic acids is 2. The minimum atomic E-state index is -4.67. The predicted molar refractivity (Wildman–Crippen MR) is 173 cm³/mol. The highest BCUT2D eigenvalue weighted by atomic mass is 35.5. The molecule has 3 aromatic carbocycles. The fraction of sp³-hybridized carbons (Fsp3) is 0.206. The van der Waals surface area contributed by atoms with Gasteiger partial charge in [0.15, 0.2) is 17.6 Å². The first-order chi connectivity index (χ1) is 23.0. The smallest absolute Gasteiger partial charge is 0.436 e. The lowest BCUT2D eigenvalue weighted by Gasteiger charge is -2.21. The van der Waals surface area contributed by atoms with Crippen LogP contribution in [0, 0.1) is 5.21 Å². The second-order valence-corrected chi connectivity index (χ2v) is 11.7. The summed E-state index contributed by atoms with van der Waals surface area (Å²) >= 11 is 6.27. The normalized spacial score (nSPS) is 15.0. The van der Waals surface area contributed by atoms with Gasteiger partial charge >= 0.3 is 12.3 Å². The lowest BCUT2D eigenvalue weighted by atomic mass is 9.87. The molecule has 246 valence electrons. The summed E-state index contributed by atoms with van der Waals surface area (Å²) in [6.07, 6.45) is -1.13. The van der Waals surface area contributed by atoms with Crippen LogP contribution in [-0.4, -0.2) is 34.1 Å². The Bertz CT molecular complexity index is 2020. The number of halogens is 4. The van der Waals surface area contributed by atoms with Crippen molar-refractivity contribution in [1.82, 2.24) is 15.0 Å². The minimum absolute atomic E-state index is 0.185. The maximum atomic E-state index is 13.7. The summed E-state index contributed by atoms with van der Waals surface area (Å²) in [4.78, 5) is 24.7. The first-order valence-electron chi connectivity index (χ1n) is 14.9. The number of ether oxygens (including phenoxy) is 1. The van der Waals surface area contributed by atoms with Crippen LogP contribution in [0.15, 0.2) is 85.2 Å². The first kappa shape index (κ1) is 32.5. The van der Waals surface area contributed by atoms with Crippen LogP contribution in [0.3, 0.4) is 0 Å². The molecule has 10 nitrogen and oxygen atoms in total. The Kier molecular flexibility index (Phi) is 9.05. The third-order valence-electron chi connectivity index (χ3n) is 8.07. The van der Waals surface area contributed by atoms with Crippen LogP contribution in [0.5, 0.6) is 0 Å². The van der Waals surface area contributed by atoms with Crippen LogP contribution >= 0.6 is 11.6 Å². The number of hydrogen-bond donors (Lipinski definition) is 2. The van der Waals surface area contributed by atoms with Gasteiger partial charge in [-0.05, 0) is 60.4 Å². The number of benzene rings is 3. The van der Waals surface area contributed by atoms with Crippen LogP contribution in [-0.2, 0) is 15.7 Å². The van der Waals surface area contributed by atoms with Crippen molar-refractivity contribution in [2.45, 2.75) is 37.8 Å². The molecule has 6 rings (SSSR count). The van der Waals surface area contributed by atoms with Crippen molar-refractivity contribution < 1.29 is 32.2 Å². The molecule has 1 aliphatic heterocycles. The number of alkyl halides is 3. The van der Waals surface area contributed by atoms with Gasteiger partial charge in [-0.25, -0.2) is 9.48 Å². The number of nitrogens with zero attached hydrogens (tertiary/aromatic N) is 4. The van der Waals surface area contributed by atoms with Gasteiger partial charge in [-0.2, -0.15) is 17.9 Å². The lowest BCUT2D eigenvalue weighted by molar-refractivity contribution is -0.614. The van der Waals surface area contributed by atoms with Crippen molar-refractivity contribution >= 4 is 35.0 Å². The zero-order chi connectivity index (χ0) is 34.0. The highest BCUT2D eigenvalue weighted by Gasteiger charge is 2.35. The molecule has 0 aliphatic carbocycles. The number of amides is 2. The van der Waals surface area contributed by atoms with E-state index in [4.69, 9.17) is 16.3 Å². The van der Waals surface area contributed by atoms with E-state index in [1.54, 1.807) is 36.4 Å². The average Bonchev–Trinajstić information content (AvgIpc) is 3.56. The Labute approximate surface area is 277 Å². The Balaban J connectivity index is 1.38. The summed E-state index contributed by atoms with van der Waals surface area (Å²) < 4.78 is 46.2. The average molecular weight is 677 g/mol. The van der Waals surface area contributed by atoms with Crippen LogP contribution in [0.25, 0.3) is 27.9 Å². The molecular weight excluding hydrogens is 649 g/mol. The molecule has 1 aliphatic rings. The second kappa shape index (κ2) is 13.4. The predicted octanol–water partition coefficient (Wildman–Crippen LogP) is 7.73. The van der Waals surface area contributed by atoms with Gasteiger partial charge in [0.05, 0.1) is 30.6 Å². The van der Waals surface area contributed by atoms with Crippen molar-refractivity contribution in [2.24, 2.45) is 0 Å². The van der Waals surface area contributed by atoms with E-state index in [0.717, 1.165) is 32.3 Å². The first-order valence-corrected chi connectivity index (χ1v) is 15.3. The van der Waals surface area contributed by atoms with Crippen molar-refractivity contribution in [2.75, 3.05) is 17.7 Å². The van der Waals surface area contributed by atoms with E-state index in [-0.39, 0.29) is 23.9 Å². The molecule has 2 bridgehead atoms. The summed E-state index contributed by atoms with van der Waals surface area (Å²) in [5.41, 5.74) is 3.73. The third-order valence-corrected chi connectivity index (χ3v) is 8.31. The van der Waals surface area contributed by atoms with Crippen molar-refractivity contribution in [3.63, 3.8) is 0 Å². The van der Waals surface area contributed by atoms with E-state index in [2.05, 4.69) is 20.9 Å². The number of carbonyl (C=O) groups is 2. The van der Waals surface area contributed by atoms with Gasteiger partial charge in [-0.1, -0.05) is 53.6 Å². The van der Waals surface area contributed by atoms with Crippen LogP contribution < -0.4 is 15.4 Å². The fourth-order valence-electron chi connectivity index (χ4n) is 5.77. The van der Waals surface area contributed by atoms with Gasteiger partial charge in [-0.3, -0.25) is 10.1 Å². The minimum Gasteiger partial charge on any atom is -0.618 e. The van der Waals surface area contributed by atoms with Gasteiger partial charge in [0, 0.05) is 39.9 Å². The van der Waals surface area contributed by atoms with Gasteiger partial charge in [0.1, 0.15) is 0 Å². The van der Waals surface area contributed by atoms with Gasteiger partial charge in [-0.15, -0.1) is 5.10 Å². The van der Waals surface area contributed by atoms with Crippen LogP contribution in [0.1, 0.15) is 48.6 Å². The fourth-order valence-corrected chi connectivity index (χ4v) is 5.95. The third kappa shape index (κ3) is 6.95. The lowest BCUT2D eigenvalue weighted by Crippen LogP contribution is -2.33. The Morgan fingerprint density at radius 1 is 1.06 bits per heavy atom. The van der Waals surface area contributed by atoms with E-state index in [1.165, 1.54) is 25.4 Å². The molecule has 2 aromatic heterocycles. The highest BCUT2D eigenvalue weighted by molar-refractivity contribution is 6.31. The summed E-state index contributed by atoms with van der Waals surface area (Å²) in [6.45, 7) is 0. The quantitative estimate of drug-likeness (QED) is 0.148. The van der Waals surface area contributed by atoms with Gasteiger partial charge in [0.25, 0.3) is 0 Å². The number of anilines is 2. The van der Waals surface area contributed by atoms with E-state index >= 15 is 0 Å². The van der Waals surface area contributed by atoms with Gasteiger partial charge < -0.3 is 15.3 Å². The molecule has 3 heterocycles. The number of nitrogens with one attached hydrogen (secondary N) is 2. The molecule has 2 N–H and O–H groups in total. The summed E-state index contributed by atoms with van der Waals surface area (Å²) in [5.74, 6) is -0.527. The number of aromatic nitrogens is 4. The Hall–Kier alpha value is -5.43. The molecule has 48 heavy (non-hydrogen) atoms. The molecule has 1 atom stereocenters. The molecular formula is C34H28ClF3N6O4. The molecule has 0 spiro atoms. The molecule has 0 fully saturated rings. The number of hydrogen-bond acceptors (Lipinski definition) is 6.